The minimum Gasteiger partial charge on any atom is -0.481 e. The van der Waals surface area contributed by atoms with E-state index in [-0.39, 0.29) is 12.8 Å². The summed E-state index contributed by atoms with van der Waals surface area (Å²) in [6.45, 7) is 0. The summed E-state index contributed by atoms with van der Waals surface area (Å²) in [5.41, 5.74) is 0. The highest BCUT2D eigenvalue weighted by molar-refractivity contribution is 5.67. The molecule has 5 nitrogen and oxygen atoms in total. The van der Waals surface area contributed by atoms with E-state index in [1.54, 1.807) is 0 Å². The van der Waals surface area contributed by atoms with Crippen molar-refractivity contribution in [2.45, 2.75) is 25.7 Å². The van der Waals surface area contributed by atoms with Gasteiger partial charge in [0.05, 0.1) is 28.2 Å². The van der Waals surface area contributed by atoms with Gasteiger partial charge in [0.25, 0.3) is 0 Å². The summed E-state index contributed by atoms with van der Waals surface area (Å²) >= 11 is 0. The Morgan fingerprint density at radius 2 is 1.07 bits per heavy atom. The smallest absolute Gasteiger partial charge is 0.303 e. The van der Waals surface area contributed by atoms with Gasteiger partial charge in [0.2, 0.25) is 0 Å². The van der Waals surface area contributed by atoms with E-state index in [0.717, 1.165) is 4.48 Å². The highest BCUT2D eigenvalue weighted by Gasteiger charge is 1.99. The van der Waals surface area contributed by atoms with Gasteiger partial charge in [-0.2, -0.15) is 0 Å². The molecule has 0 atom stereocenters. The highest BCUT2D eigenvalue weighted by Crippen LogP contribution is 1.98. The molecule has 0 saturated heterocycles. The molecule has 0 rings (SSSR count). The highest BCUT2D eigenvalue weighted by atomic mass is 16.4. The molecule has 0 aromatic rings. The molecule has 0 radical (unpaired) electrons. The minimum atomic E-state index is -0.870. The molecule has 0 aliphatic rings. The first-order valence-electron chi connectivity index (χ1n) is 4.85. The van der Waals surface area contributed by atoms with Crippen LogP contribution in [0.2, 0.25) is 0 Å². The van der Waals surface area contributed by atoms with Crippen LogP contribution in [-0.4, -0.2) is 54.8 Å². The zero-order valence-electron chi connectivity index (χ0n) is 9.99. The molecule has 0 aliphatic heterocycles. The van der Waals surface area contributed by atoms with Crippen LogP contribution in [0.3, 0.4) is 0 Å². The van der Waals surface area contributed by atoms with Crippen LogP contribution in [0.25, 0.3) is 0 Å². The third-order valence-electron chi connectivity index (χ3n) is 1.03. The topological polar surface area (TPSA) is 74.6 Å². The molecule has 2 N–H and O–H groups in total. The van der Waals surface area contributed by atoms with Crippen LogP contribution in [0, 0.1) is 0 Å². The normalized spacial score (nSPS) is 10.1. The molecule has 0 fully saturated rings. The van der Waals surface area contributed by atoms with Gasteiger partial charge in [0.1, 0.15) is 0 Å². The molecule has 0 aliphatic carbocycles. The molecule has 0 saturated carbocycles. The first-order chi connectivity index (χ1) is 6.63. The third kappa shape index (κ3) is 44.0. The summed E-state index contributed by atoms with van der Waals surface area (Å²) in [5, 5.41) is 16.3. The molecular weight excluding hydrogens is 198 g/mol. The monoisotopic (exact) mass is 220 g/mol. The first-order valence-corrected chi connectivity index (χ1v) is 4.85. The van der Waals surface area contributed by atoms with Gasteiger partial charge in [-0.1, -0.05) is 0 Å². The second-order valence-corrected chi connectivity index (χ2v) is 4.68. The second kappa shape index (κ2) is 8.23. The van der Waals surface area contributed by atoms with Crippen molar-refractivity contribution in [2.75, 3.05) is 28.2 Å². The number of nitrogens with zero attached hydrogens (tertiary/aromatic N) is 1. The van der Waals surface area contributed by atoms with Crippen molar-refractivity contribution in [3.63, 3.8) is 0 Å². The average molecular weight is 220 g/mol. The maximum atomic E-state index is 9.90. The van der Waals surface area contributed by atoms with Crippen molar-refractivity contribution in [3.8, 4) is 0 Å². The molecule has 0 amide bonds. The molecule has 0 unspecified atom stereocenters. The van der Waals surface area contributed by atoms with Crippen LogP contribution in [-0.2, 0) is 9.59 Å². The van der Waals surface area contributed by atoms with Crippen LogP contribution < -0.4 is 0 Å². The second-order valence-electron chi connectivity index (χ2n) is 4.68. The van der Waals surface area contributed by atoms with Gasteiger partial charge in [-0.25, -0.2) is 0 Å². The Balaban J connectivity index is 0. The summed E-state index contributed by atoms with van der Waals surface area (Å²) < 4.78 is 1.00. The van der Waals surface area contributed by atoms with Crippen LogP contribution >= 0.6 is 0 Å². The van der Waals surface area contributed by atoms with Crippen LogP contribution in [0.5, 0.6) is 0 Å². The quantitative estimate of drug-likeness (QED) is 0.536. The Kier molecular flexibility index (Phi) is 8.96. The van der Waals surface area contributed by atoms with Gasteiger partial charge >= 0.3 is 11.9 Å². The number of hydrogen-bond acceptors (Lipinski definition) is 2. The Morgan fingerprint density at radius 3 is 1.20 bits per heavy atom. The molecule has 5 heteroatoms. The number of carboxylic acid groups (broad SMARTS) is 2. The van der Waals surface area contributed by atoms with E-state index in [1.165, 1.54) is 0 Å². The molecule has 0 aromatic carbocycles. The molecular formula is C10H22NO4+. The van der Waals surface area contributed by atoms with Crippen molar-refractivity contribution in [3.05, 3.63) is 0 Å². The summed E-state index contributed by atoms with van der Waals surface area (Å²) in [7, 11) is 8.50. The summed E-state index contributed by atoms with van der Waals surface area (Å²) in [6, 6.07) is 0. The minimum absolute atomic E-state index is 0.0628. The molecule has 15 heavy (non-hydrogen) atoms. The van der Waals surface area contributed by atoms with Gasteiger partial charge in [-0.15, -0.1) is 0 Å². The van der Waals surface area contributed by atoms with E-state index >= 15 is 0 Å². The van der Waals surface area contributed by atoms with E-state index in [9.17, 15) is 9.59 Å². The van der Waals surface area contributed by atoms with Crippen molar-refractivity contribution in [1.82, 2.24) is 0 Å². The van der Waals surface area contributed by atoms with Gasteiger partial charge in [0, 0.05) is 12.8 Å². The molecule has 0 bridgehead atoms. The van der Waals surface area contributed by atoms with E-state index in [1.807, 2.05) is 0 Å². The lowest BCUT2D eigenvalue weighted by atomic mass is 10.2. The molecule has 0 spiro atoms. The fourth-order valence-corrected chi connectivity index (χ4v) is 0.552. The van der Waals surface area contributed by atoms with Gasteiger partial charge in [-0.3, -0.25) is 9.59 Å². The predicted molar refractivity (Wildman–Crippen MR) is 57.7 cm³/mol. The van der Waals surface area contributed by atoms with Gasteiger partial charge in [-0.05, 0) is 12.8 Å². The lowest BCUT2D eigenvalue weighted by molar-refractivity contribution is -0.849. The van der Waals surface area contributed by atoms with Gasteiger partial charge < -0.3 is 14.7 Å². The third-order valence-corrected chi connectivity index (χ3v) is 1.03. The summed E-state index contributed by atoms with van der Waals surface area (Å²) in [5.74, 6) is -1.74. The maximum Gasteiger partial charge on any atom is 0.303 e. The lowest BCUT2D eigenvalue weighted by Gasteiger charge is -2.14. The van der Waals surface area contributed by atoms with E-state index in [0.29, 0.717) is 12.8 Å². The van der Waals surface area contributed by atoms with Crippen molar-refractivity contribution in [1.29, 1.82) is 0 Å². The Bertz CT molecular complexity index is 174. The van der Waals surface area contributed by atoms with Crippen LogP contribution in [0.1, 0.15) is 25.7 Å². The Morgan fingerprint density at radius 1 is 0.867 bits per heavy atom. The predicted octanol–water partition coefficient (Wildman–Crippen LogP) is 1.04. The molecule has 0 heterocycles. The number of carboxylic acids is 2. The van der Waals surface area contributed by atoms with Crippen LogP contribution in [0.15, 0.2) is 0 Å². The first kappa shape index (κ1) is 16.3. The fraction of sp³-hybridized carbons (Fsp3) is 0.800. The Hall–Kier alpha value is -1.10. The molecule has 90 valence electrons. The number of hydrogen-bond donors (Lipinski definition) is 2. The number of aliphatic carboxylic acids is 2. The number of unbranched alkanes of at least 4 members (excludes halogenated alkanes) is 1. The van der Waals surface area contributed by atoms with Crippen LogP contribution in [0.4, 0.5) is 0 Å². The molecule has 0 aromatic heterocycles. The average Bonchev–Trinajstić information content (AvgIpc) is 1.94. The van der Waals surface area contributed by atoms with E-state index in [2.05, 4.69) is 28.2 Å². The maximum absolute atomic E-state index is 9.90. The van der Waals surface area contributed by atoms with E-state index < -0.39 is 11.9 Å². The number of carbonyl (C=O) groups is 2. The SMILES string of the molecule is C[N+](C)(C)C.O=C(O)CCCCC(=O)O. The summed E-state index contributed by atoms with van der Waals surface area (Å²) in [4.78, 5) is 19.8. The van der Waals surface area contributed by atoms with E-state index in [4.69, 9.17) is 10.2 Å². The largest absolute Gasteiger partial charge is 0.481 e. The standard InChI is InChI=1S/C6H10O4.C4H12N/c7-5(8)3-1-2-4-6(9)10;1-5(2,3)4/h1-4H2,(H,7,8)(H,9,10);1-4H3/q;+1. The number of rotatable bonds is 5. The lowest BCUT2D eigenvalue weighted by Crippen LogP contribution is -2.27. The fourth-order valence-electron chi connectivity index (χ4n) is 0.552. The van der Waals surface area contributed by atoms with Gasteiger partial charge in [0.15, 0.2) is 0 Å². The van der Waals surface area contributed by atoms with Crippen molar-refractivity contribution in [2.24, 2.45) is 0 Å². The zero-order chi connectivity index (χ0) is 12.5. The van der Waals surface area contributed by atoms with Crippen molar-refractivity contribution < 1.29 is 24.3 Å². The summed E-state index contributed by atoms with van der Waals surface area (Å²) in [6.07, 6.45) is 1.02. The Labute approximate surface area is 90.9 Å². The number of quaternary nitrogens is 1. The zero-order valence-corrected chi connectivity index (χ0v) is 9.99. The van der Waals surface area contributed by atoms with Crippen molar-refractivity contribution >= 4 is 11.9 Å².